The third-order valence-corrected chi connectivity index (χ3v) is 3.28. The van der Waals surface area contributed by atoms with Crippen LogP contribution in [0.2, 0.25) is 0 Å². The number of ether oxygens (including phenoxy) is 2. The minimum atomic E-state index is -0.234. The summed E-state index contributed by atoms with van der Waals surface area (Å²) in [7, 11) is 2.93. The molecule has 0 amide bonds. The molecule has 1 aliphatic carbocycles. The van der Waals surface area contributed by atoms with Crippen LogP contribution in [0.5, 0.6) is 5.75 Å². The molecule has 1 atom stereocenters. The average Bonchev–Trinajstić information content (AvgIpc) is 2.38. The van der Waals surface area contributed by atoms with Gasteiger partial charge in [0.05, 0.1) is 20.1 Å². The van der Waals surface area contributed by atoms with E-state index in [-0.39, 0.29) is 17.7 Å². The van der Waals surface area contributed by atoms with Crippen molar-refractivity contribution in [3.63, 3.8) is 0 Å². The zero-order chi connectivity index (χ0) is 12.4. The molecule has 2 rings (SSSR count). The Bertz CT molecular complexity index is 443. The number of rotatable bonds is 2. The Morgan fingerprint density at radius 2 is 2.12 bits per heavy atom. The van der Waals surface area contributed by atoms with E-state index in [2.05, 4.69) is 0 Å². The van der Waals surface area contributed by atoms with Gasteiger partial charge in [0.1, 0.15) is 11.6 Å². The fourth-order valence-electron chi connectivity index (χ4n) is 2.36. The molecule has 92 valence electrons. The molecule has 0 radical (unpaired) electrons. The zero-order valence-electron chi connectivity index (χ0n) is 9.96. The Hall–Kier alpha value is -1.58. The average molecular weight is 238 g/mol. The van der Waals surface area contributed by atoms with E-state index in [1.54, 1.807) is 13.2 Å². The van der Waals surface area contributed by atoms with Gasteiger partial charge in [0, 0.05) is 5.56 Å². The minimum absolute atomic E-state index is 0.191. The summed E-state index contributed by atoms with van der Waals surface area (Å²) >= 11 is 0. The molecule has 0 saturated carbocycles. The molecule has 0 saturated heterocycles. The number of methoxy groups -OCH3 is 2. The first-order chi connectivity index (χ1) is 8.17. The van der Waals surface area contributed by atoms with Crippen molar-refractivity contribution in [3.05, 3.63) is 29.1 Å². The van der Waals surface area contributed by atoms with Gasteiger partial charge >= 0.3 is 5.97 Å². The lowest BCUT2D eigenvalue weighted by atomic mass is 9.83. The fourth-order valence-corrected chi connectivity index (χ4v) is 2.36. The van der Waals surface area contributed by atoms with Crippen LogP contribution in [-0.4, -0.2) is 20.2 Å². The second-order valence-corrected chi connectivity index (χ2v) is 4.17. The summed E-state index contributed by atoms with van der Waals surface area (Å²) < 4.78 is 23.6. The number of hydrogen-bond donors (Lipinski definition) is 0. The highest BCUT2D eigenvalue weighted by Gasteiger charge is 2.29. The summed E-state index contributed by atoms with van der Waals surface area (Å²) in [5, 5.41) is 0. The number of esters is 1. The lowest BCUT2D eigenvalue weighted by molar-refractivity contribution is -0.145. The summed E-state index contributed by atoms with van der Waals surface area (Å²) in [5.74, 6) is 0.00397. The molecule has 3 nitrogen and oxygen atoms in total. The third kappa shape index (κ3) is 2.12. The molecule has 0 spiro atoms. The number of carbonyl (C=O) groups is 1. The standard InChI is InChI=1S/C13H15FO3/c1-16-12-6-5-11(14)9-4-3-8(7-10(9)12)13(15)17-2/h5-6,8H,3-4,7H2,1-2H3. The van der Waals surface area contributed by atoms with Crippen molar-refractivity contribution >= 4 is 5.97 Å². The van der Waals surface area contributed by atoms with Crippen LogP contribution >= 0.6 is 0 Å². The minimum Gasteiger partial charge on any atom is -0.496 e. The van der Waals surface area contributed by atoms with E-state index in [1.807, 2.05) is 0 Å². The zero-order valence-corrected chi connectivity index (χ0v) is 9.96. The number of benzene rings is 1. The van der Waals surface area contributed by atoms with Crippen molar-refractivity contribution in [2.24, 2.45) is 5.92 Å². The predicted molar refractivity (Wildman–Crippen MR) is 60.5 cm³/mol. The van der Waals surface area contributed by atoms with E-state index in [1.165, 1.54) is 13.2 Å². The Morgan fingerprint density at radius 1 is 1.35 bits per heavy atom. The van der Waals surface area contributed by atoms with Gasteiger partial charge in [0.25, 0.3) is 0 Å². The van der Waals surface area contributed by atoms with Gasteiger partial charge in [-0.3, -0.25) is 4.79 Å². The molecule has 0 aliphatic heterocycles. The molecule has 1 unspecified atom stereocenters. The molecular weight excluding hydrogens is 223 g/mol. The molecule has 17 heavy (non-hydrogen) atoms. The Morgan fingerprint density at radius 3 is 2.76 bits per heavy atom. The van der Waals surface area contributed by atoms with E-state index in [9.17, 15) is 9.18 Å². The molecule has 0 fully saturated rings. The second kappa shape index (κ2) is 4.73. The highest BCUT2D eigenvalue weighted by atomic mass is 19.1. The smallest absolute Gasteiger partial charge is 0.309 e. The maximum absolute atomic E-state index is 13.6. The van der Waals surface area contributed by atoms with Gasteiger partial charge in [-0.1, -0.05) is 0 Å². The van der Waals surface area contributed by atoms with Gasteiger partial charge < -0.3 is 9.47 Å². The first-order valence-electron chi connectivity index (χ1n) is 5.59. The highest BCUT2D eigenvalue weighted by Crippen LogP contribution is 2.34. The first-order valence-corrected chi connectivity index (χ1v) is 5.59. The van der Waals surface area contributed by atoms with Gasteiger partial charge in [-0.2, -0.15) is 0 Å². The molecule has 0 bridgehead atoms. The van der Waals surface area contributed by atoms with Crippen molar-refractivity contribution in [1.82, 2.24) is 0 Å². The molecule has 4 heteroatoms. The summed E-state index contributed by atoms with van der Waals surface area (Å²) in [6.07, 6.45) is 1.67. The van der Waals surface area contributed by atoms with Gasteiger partial charge in [0.2, 0.25) is 0 Å². The molecule has 0 N–H and O–H groups in total. The molecule has 0 aromatic heterocycles. The summed E-state index contributed by atoms with van der Waals surface area (Å²) in [4.78, 5) is 11.5. The molecule has 1 aromatic carbocycles. The van der Waals surface area contributed by atoms with E-state index < -0.39 is 0 Å². The molecule has 0 heterocycles. The van der Waals surface area contributed by atoms with Crippen molar-refractivity contribution in [2.45, 2.75) is 19.3 Å². The van der Waals surface area contributed by atoms with Crippen LogP contribution in [-0.2, 0) is 22.4 Å². The number of halogens is 1. The topological polar surface area (TPSA) is 35.5 Å². The maximum atomic E-state index is 13.6. The first kappa shape index (κ1) is 11.9. The van der Waals surface area contributed by atoms with Gasteiger partial charge in [-0.05, 0) is 37.0 Å². The van der Waals surface area contributed by atoms with Crippen molar-refractivity contribution in [3.8, 4) is 5.75 Å². The van der Waals surface area contributed by atoms with Crippen LogP contribution in [0.15, 0.2) is 12.1 Å². The summed E-state index contributed by atoms with van der Waals surface area (Å²) in [6, 6.07) is 3.02. The predicted octanol–water partition coefficient (Wildman–Crippen LogP) is 2.11. The Balaban J connectivity index is 2.35. The van der Waals surface area contributed by atoms with Crippen molar-refractivity contribution < 1.29 is 18.7 Å². The van der Waals surface area contributed by atoms with E-state index in [0.717, 1.165) is 5.56 Å². The molecular formula is C13H15FO3. The maximum Gasteiger partial charge on any atom is 0.309 e. The van der Waals surface area contributed by atoms with Crippen LogP contribution in [0.4, 0.5) is 4.39 Å². The van der Waals surface area contributed by atoms with E-state index in [4.69, 9.17) is 9.47 Å². The van der Waals surface area contributed by atoms with Crippen LogP contribution in [0.25, 0.3) is 0 Å². The number of fused-ring (bicyclic) bond motifs is 1. The van der Waals surface area contributed by atoms with Gasteiger partial charge in [0.15, 0.2) is 0 Å². The van der Waals surface area contributed by atoms with E-state index >= 15 is 0 Å². The number of hydrogen-bond acceptors (Lipinski definition) is 3. The quantitative estimate of drug-likeness (QED) is 0.740. The van der Waals surface area contributed by atoms with Crippen LogP contribution < -0.4 is 4.74 Å². The summed E-state index contributed by atoms with van der Waals surface area (Å²) in [6.45, 7) is 0. The third-order valence-electron chi connectivity index (χ3n) is 3.28. The van der Waals surface area contributed by atoms with Crippen molar-refractivity contribution in [1.29, 1.82) is 0 Å². The van der Waals surface area contributed by atoms with Crippen molar-refractivity contribution in [2.75, 3.05) is 14.2 Å². The highest BCUT2D eigenvalue weighted by molar-refractivity contribution is 5.73. The Labute approximate surface area is 99.5 Å². The number of carbonyl (C=O) groups excluding carboxylic acids is 1. The SMILES string of the molecule is COC(=O)C1CCc2c(F)ccc(OC)c2C1. The lowest BCUT2D eigenvalue weighted by Gasteiger charge is -2.24. The normalized spacial score (nSPS) is 18.4. The summed E-state index contributed by atoms with van der Waals surface area (Å²) in [5.41, 5.74) is 1.47. The lowest BCUT2D eigenvalue weighted by Crippen LogP contribution is -2.24. The Kier molecular flexibility index (Phi) is 3.31. The van der Waals surface area contributed by atoms with E-state index in [0.29, 0.717) is 30.6 Å². The van der Waals surface area contributed by atoms with Gasteiger partial charge in [-0.15, -0.1) is 0 Å². The molecule has 1 aliphatic rings. The van der Waals surface area contributed by atoms with Crippen LogP contribution in [0, 0.1) is 11.7 Å². The fraction of sp³-hybridized carbons (Fsp3) is 0.462. The van der Waals surface area contributed by atoms with Gasteiger partial charge in [-0.25, -0.2) is 4.39 Å². The largest absolute Gasteiger partial charge is 0.496 e. The molecule has 1 aromatic rings. The van der Waals surface area contributed by atoms with Crippen LogP contribution in [0.1, 0.15) is 17.5 Å². The van der Waals surface area contributed by atoms with Crippen LogP contribution in [0.3, 0.4) is 0 Å². The second-order valence-electron chi connectivity index (χ2n) is 4.17. The monoisotopic (exact) mass is 238 g/mol.